The number of benzene rings is 4. The first-order valence-corrected chi connectivity index (χ1v) is 13.7. The average molecular weight is 526 g/mol. The van der Waals surface area contributed by atoms with Crippen molar-refractivity contribution in [3.8, 4) is 0 Å². The van der Waals surface area contributed by atoms with Crippen molar-refractivity contribution in [1.82, 2.24) is 14.8 Å². The number of hydrogen-bond acceptors (Lipinski definition) is 3. The molecular weight excluding hydrogens is 494 g/mol. The van der Waals surface area contributed by atoms with E-state index in [0.717, 1.165) is 39.6 Å². The van der Waals surface area contributed by atoms with Crippen molar-refractivity contribution in [1.29, 1.82) is 0 Å². The summed E-state index contributed by atoms with van der Waals surface area (Å²) in [7, 11) is 1.97. The second-order valence-corrected chi connectivity index (χ2v) is 10.1. The Morgan fingerprint density at radius 3 is 1.70 bits per heavy atom. The fraction of sp³-hybridized carbons (Fsp3) is 0.143. The van der Waals surface area contributed by atoms with Gasteiger partial charge in [0.05, 0.1) is 5.57 Å². The molecule has 5 aromatic rings. The lowest BCUT2D eigenvalue weighted by molar-refractivity contribution is -0.141. The van der Waals surface area contributed by atoms with E-state index in [0.29, 0.717) is 17.8 Å². The second kappa shape index (κ2) is 10.3. The minimum absolute atomic E-state index is 0.323. The molecule has 0 unspecified atom stereocenters. The van der Waals surface area contributed by atoms with E-state index in [1.54, 1.807) is 0 Å². The molecule has 2 heterocycles. The zero-order valence-electron chi connectivity index (χ0n) is 22.7. The number of carbonyl (C=O) groups excluding carboxylic acids is 2. The highest BCUT2D eigenvalue weighted by molar-refractivity contribution is 6.37. The molecule has 4 aromatic carbocycles. The molecule has 0 saturated carbocycles. The van der Waals surface area contributed by atoms with Crippen LogP contribution in [0.2, 0.25) is 0 Å². The first-order valence-electron chi connectivity index (χ1n) is 13.7. The molecule has 0 spiro atoms. The molecule has 5 heteroatoms. The number of amides is 2. The molecule has 5 nitrogen and oxygen atoms in total. The molecule has 40 heavy (non-hydrogen) atoms. The molecule has 2 amide bonds. The van der Waals surface area contributed by atoms with E-state index in [2.05, 4.69) is 5.32 Å². The third kappa shape index (κ3) is 3.85. The minimum Gasteiger partial charge on any atom is -0.380 e. The van der Waals surface area contributed by atoms with Crippen LogP contribution in [0.5, 0.6) is 0 Å². The monoisotopic (exact) mass is 525 g/mol. The number of carbonyl (C=O) groups is 2. The fourth-order valence-corrected chi connectivity index (χ4v) is 5.96. The van der Waals surface area contributed by atoms with E-state index in [-0.39, 0.29) is 11.8 Å². The third-order valence-corrected chi connectivity index (χ3v) is 7.71. The maximum atomic E-state index is 14.9. The summed E-state index contributed by atoms with van der Waals surface area (Å²) in [4.78, 5) is 31.1. The number of rotatable bonds is 8. The molecule has 198 valence electrons. The zero-order valence-corrected chi connectivity index (χ0v) is 22.7. The van der Waals surface area contributed by atoms with E-state index in [4.69, 9.17) is 0 Å². The van der Waals surface area contributed by atoms with Crippen LogP contribution in [0, 0.1) is 0 Å². The summed E-state index contributed by atoms with van der Waals surface area (Å²) in [6, 6.07) is 37.5. The normalized spacial score (nSPS) is 13.9. The van der Waals surface area contributed by atoms with E-state index in [9.17, 15) is 9.59 Å². The second-order valence-electron chi connectivity index (χ2n) is 10.1. The smallest absolute Gasteiger partial charge is 0.279 e. The van der Waals surface area contributed by atoms with Crippen LogP contribution in [0.15, 0.2) is 127 Å². The van der Waals surface area contributed by atoms with E-state index >= 15 is 0 Å². The summed E-state index contributed by atoms with van der Waals surface area (Å²) in [5.41, 5.74) is 3.82. The van der Waals surface area contributed by atoms with Crippen LogP contribution in [0.3, 0.4) is 0 Å². The van der Waals surface area contributed by atoms with Gasteiger partial charge < -0.3 is 9.88 Å². The van der Waals surface area contributed by atoms with Crippen molar-refractivity contribution >= 4 is 28.3 Å². The molecule has 1 N–H and O–H groups in total. The maximum absolute atomic E-state index is 14.9. The van der Waals surface area contributed by atoms with Crippen molar-refractivity contribution in [2.45, 2.75) is 18.9 Å². The molecule has 1 aliphatic heterocycles. The van der Waals surface area contributed by atoms with E-state index in [1.165, 1.54) is 4.90 Å². The van der Waals surface area contributed by atoms with Crippen LogP contribution in [0.25, 0.3) is 16.5 Å². The Balaban J connectivity index is 1.66. The Hall–Kier alpha value is -4.90. The molecule has 6 rings (SSSR count). The van der Waals surface area contributed by atoms with Gasteiger partial charge in [-0.15, -0.1) is 0 Å². The van der Waals surface area contributed by atoms with Crippen LogP contribution in [0.4, 0.5) is 0 Å². The number of imide groups is 1. The van der Waals surface area contributed by atoms with Crippen LogP contribution in [-0.2, 0) is 22.2 Å². The van der Waals surface area contributed by atoms with Crippen LogP contribution < -0.4 is 5.32 Å². The molecule has 0 atom stereocenters. The first kappa shape index (κ1) is 25.4. The highest BCUT2D eigenvalue weighted by Crippen LogP contribution is 2.47. The predicted molar refractivity (Wildman–Crippen MR) is 159 cm³/mol. The Morgan fingerprint density at radius 2 is 1.18 bits per heavy atom. The van der Waals surface area contributed by atoms with E-state index < -0.39 is 5.54 Å². The van der Waals surface area contributed by atoms with Gasteiger partial charge in [0.25, 0.3) is 11.8 Å². The molecule has 0 aliphatic carbocycles. The summed E-state index contributed by atoms with van der Waals surface area (Å²) in [6.45, 7) is 2.62. The summed E-state index contributed by atoms with van der Waals surface area (Å²) < 4.78 is 2.01. The number of para-hydroxylation sites is 1. The number of aromatic nitrogens is 1. The van der Waals surface area contributed by atoms with Gasteiger partial charge in [0, 0.05) is 36.3 Å². The first-order chi connectivity index (χ1) is 19.6. The maximum Gasteiger partial charge on any atom is 0.279 e. The van der Waals surface area contributed by atoms with Gasteiger partial charge in [-0.05, 0) is 29.2 Å². The number of nitrogens with one attached hydrogen (secondary N) is 1. The standard InChI is InChI=1S/C35H31N3O2/c1-3-23-36-32-31(29-24-37(2)30-22-14-13-21-28(29)30)33(39)38(34(32)40)35(25-15-7-4-8-16-25,26-17-9-5-10-18-26)27-19-11-6-12-20-27/h4-22,24,36H,3,23H2,1-2H3. The Labute approximate surface area is 234 Å². The Morgan fingerprint density at radius 1 is 0.675 bits per heavy atom. The predicted octanol–water partition coefficient (Wildman–Crippen LogP) is 6.25. The topological polar surface area (TPSA) is 54.3 Å². The van der Waals surface area contributed by atoms with Crippen LogP contribution in [-0.4, -0.2) is 27.8 Å². The van der Waals surface area contributed by atoms with Crippen molar-refractivity contribution in [3.05, 3.63) is 149 Å². The number of hydrogen-bond donors (Lipinski definition) is 1. The van der Waals surface area contributed by atoms with Gasteiger partial charge in [0.2, 0.25) is 0 Å². The van der Waals surface area contributed by atoms with Crippen LogP contribution in [0.1, 0.15) is 35.6 Å². The number of nitrogens with zero attached hydrogens (tertiary/aromatic N) is 2. The van der Waals surface area contributed by atoms with Crippen LogP contribution >= 0.6 is 0 Å². The molecular formula is C35H31N3O2. The van der Waals surface area contributed by atoms with Gasteiger partial charge in [-0.1, -0.05) is 116 Å². The van der Waals surface area contributed by atoms with Gasteiger partial charge in [0.15, 0.2) is 0 Å². The quantitative estimate of drug-likeness (QED) is 0.192. The molecule has 0 bridgehead atoms. The molecule has 0 radical (unpaired) electrons. The number of aryl methyl sites for hydroxylation is 1. The van der Waals surface area contributed by atoms with Gasteiger partial charge in [0.1, 0.15) is 11.2 Å². The zero-order chi connectivity index (χ0) is 27.7. The summed E-state index contributed by atoms with van der Waals surface area (Å²) in [5.74, 6) is -0.658. The van der Waals surface area contributed by atoms with Crippen molar-refractivity contribution < 1.29 is 9.59 Å². The average Bonchev–Trinajstić information content (AvgIpc) is 3.46. The van der Waals surface area contributed by atoms with Gasteiger partial charge in [-0.25, -0.2) is 0 Å². The summed E-state index contributed by atoms with van der Waals surface area (Å²) in [5, 5.41) is 4.28. The highest BCUT2D eigenvalue weighted by Gasteiger charge is 2.53. The lowest BCUT2D eigenvalue weighted by Gasteiger charge is -2.42. The SMILES string of the molecule is CCCNC1=C(c2cn(C)c3ccccc23)C(=O)N(C(c2ccccc2)(c2ccccc2)c2ccccc2)C1=O. The van der Waals surface area contributed by atoms with Gasteiger partial charge in [-0.3, -0.25) is 14.5 Å². The molecule has 1 aromatic heterocycles. The van der Waals surface area contributed by atoms with Crippen molar-refractivity contribution in [3.63, 3.8) is 0 Å². The minimum atomic E-state index is -1.19. The van der Waals surface area contributed by atoms with Crippen molar-refractivity contribution in [2.24, 2.45) is 7.05 Å². The summed E-state index contributed by atoms with van der Waals surface area (Å²) >= 11 is 0. The lowest BCUT2D eigenvalue weighted by atomic mass is 9.75. The highest BCUT2D eigenvalue weighted by atomic mass is 16.2. The Bertz CT molecular complexity index is 1620. The molecule has 0 fully saturated rings. The van der Waals surface area contributed by atoms with Gasteiger partial charge >= 0.3 is 0 Å². The van der Waals surface area contributed by atoms with Crippen molar-refractivity contribution in [2.75, 3.05) is 6.54 Å². The lowest BCUT2D eigenvalue weighted by Crippen LogP contribution is -2.52. The van der Waals surface area contributed by atoms with Gasteiger partial charge in [-0.2, -0.15) is 0 Å². The van der Waals surface area contributed by atoms with E-state index in [1.807, 2.05) is 140 Å². The molecule has 1 aliphatic rings. The fourth-order valence-electron chi connectivity index (χ4n) is 5.96. The largest absolute Gasteiger partial charge is 0.380 e. The number of fused-ring (bicyclic) bond motifs is 1. The third-order valence-electron chi connectivity index (χ3n) is 7.71. The summed E-state index contributed by atoms with van der Waals surface area (Å²) in [6.07, 6.45) is 2.77. The Kier molecular flexibility index (Phi) is 6.56. The molecule has 0 saturated heterocycles.